The largest absolute Gasteiger partial charge is 0.378 e. The number of halogens is 1. The number of aryl methyl sites for hydroxylation is 1. The highest BCUT2D eigenvalue weighted by atomic mass is 32.2. The van der Waals surface area contributed by atoms with Crippen molar-refractivity contribution < 1.29 is 18.8 Å². The molecular weight excluding hydrogens is 451 g/mol. The molecule has 1 saturated heterocycles. The average Bonchev–Trinajstić information content (AvgIpc) is 3.23. The van der Waals surface area contributed by atoms with Gasteiger partial charge in [0.1, 0.15) is 11.5 Å². The monoisotopic (exact) mass is 472 g/mol. The van der Waals surface area contributed by atoms with E-state index < -0.39 is 16.6 Å². The molecule has 1 aliphatic rings. The van der Waals surface area contributed by atoms with Crippen LogP contribution in [-0.2, 0) is 9.53 Å². The van der Waals surface area contributed by atoms with Gasteiger partial charge in [0.05, 0.1) is 29.6 Å². The van der Waals surface area contributed by atoms with Gasteiger partial charge in [-0.1, -0.05) is 30.0 Å². The predicted octanol–water partition coefficient (Wildman–Crippen LogP) is 3.19. The van der Waals surface area contributed by atoms with E-state index >= 15 is 0 Å². The molecule has 1 aliphatic heterocycles. The molecule has 1 amide bonds. The summed E-state index contributed by atoms with van der Waals surface area (Å²) >= 11 is 1.11. The lowest BCUT2D eigenvalue weighted by atomic mass is 10.1. The number of amides is 1. The summed E-state index contributed by atoms with van der Waals surface area (Å²) in [6.45, 7) is 3.97. The first-order valence-electron chi connectivity index (χ1n) is 10.1. The van der Waals surface area contributed by atoms with Gasteiger partial charge < -0.3 is 15.0 Å². The highest BCUT2D eigenvalue weighted by molar-refractivity contribution is 7.99. The molecule has 0 atom stereocenters. The molecule has 10 nitrogen and oxygen atoms in total. The maximum Gasteiger partial charge on any atom is 0.293 e. The number of nitro benzene ring substituents is 1. The highest BCUT2D eigenvalue weighted by Crippen LogP contribution is 2.30. The van der Waals surface area contributed by atoms with Crippen molar-refractivity contribution >= 4 is 35.0 Å². The molecule has 2 aromatic carbocycles. The van der Waals surface area contributed by atoms with Gasteiger partial charge >= 0.3 is 0 Å². The Morgan fingerprint density at radius 3 is 2.73 bits per heavy atom. The summed E-state index contributed by atoms with van der Waals surface area (Å²) < 4.78 is 21.0. The van der Waals surface area contributed by atoms with E-state index in [1.807, 2.05) is 4.90 Å². The minimum Gasteiger partial charge on any atom is -0.378 e. The normalized spacial score (nSPS) is 13.7. The van der Waals surface area contributed by atoms with E-state index in [2.05, 4.69) is 15.5 Å². The van der Waals surface area contributed by atoms with Crippen LogP contribution in [0.5, 0.6) is 0 Å². The summed E-state index contributed by atoms with van der Waals surface area (Å²) in [5, 5.41) is 22.8. The number of hydrogen-bond donors (Lipinski definition) is 1. The van der Waals surface area contributed by atoms with Crippen LogP contribution in [0.25, 0.3) is 5.69 Å². The fourth-order valence-corrected chi connectivity index (χ4v) is 4.18. The molecule has 1 N–H and O–H groups in total. The van der Waals surface area contributed by atoms with Crippen molar-refractivity contribution in [2.24, 2.45) is 0 Å². The van der Waals surface area contributed by atoms with Gasteiger partial charge in [-0.15, -0.1) is 10.2 Å². The standard InChI is InChI=1S/C21H21FN6O4S/c1-14-4-2-7-17(28(30)31)19(14)23-18(29)13-33-21-25-24-20(26-8-10-32-11-9-26)27(21)16-6-3-5-15(22)12-16/h2-7,12H,8-11,13H2,1H3,(H,23,29). The van der Waals surface area contributed by atoms with Gasteiger partial charge in [0.25, 0.3) is 5.69 Å². The highest BCUT2D eigenvalue weighted by Gasteiger charge is 2.23. The lowest BCUT2D eigenvalue weighted by Crippen LogP contribution is -2.37. The van der Waals surface area contributed by atoms with Crippen LogP contribution in [0, 0.1) is 22.9 Å². The van der Waals surface area contributed by atoms with E-state index in [4.69, 9.17) is 4.74 Å². The van der Waals surface area contributed by atoms with Crippen molar-refractivity contribution in [2.75, 3.05) is 42.3 Å². The molecule has 12 heteroatoms. The summed E-state index contributed by atoms with van der Waals surface area (Å²) in [6, 6.07) is 10.6. The Morgan fingerprint density at radius 2 is 2.00 bits per heavy atom. The van der Waals surface area contributed by atoms with Crippen LogP contribution in [-0.4, -0.2) is 57.7 Å². The van der Waals surface area contributed by atoms with E-state index in [-0.39, 0.29) is 17.1 Å². The zero-order valence-corrected chi connectivity index (χ0v) is 18.5. The number of ether oxygens (including phenoxy) is 1. The van der Waals surface area contributed by atoms with Gasteiger partial charge in [0.2, 0.25) is 11.9 Å². The maximum absolute atomic E-state index is 13.9. The zero-order valence-electron chi connectivity index (χ0n) is 17.7. The second-order valence-corrected chi connectivity index (χ2v) is 8.20. The summed E-state index contributed by atoms with van der Waals surface area (Å²) in [5.41, 5.74) is 1.10. The number of carbonyl (C=O) groups excluding carboxylic acids is 1. The van der Waals surface area contributed by atoms with Gasteiger partial charge in [-0.2, -0.15) is 0 Å². The van der Waals surface area contributed by atoms with Crippen molar-refractivity contribution in [3.8, 4) is 5.69 Å². The van der Waals surface area contributed by atoms with Crippen LogP contribution in [0.4, 0.5) is 21.7 Å². The molecule has 0 unspecified atom stereocenters. The van der Waals surface area contributed by atoms with Crippen LogP contribution < -0.4 is 10.2 Å². The molecular formula is C21H21FN6O4S. The second-order valence-electron chi connectivity index (χ2n) is 7.26. The Balaban J connectivity index is 1.57. The van der Waals surface area contributed by atoms with Gasteiger partial charge in [-0.3, -0.25) is 19.5 Å². The van der Waals surface area contributed by atoms with Crippen molar-refractivity contribution in [1.29, 1.82) is 0 Å². The van der Waals surface area contributed by atoms with Crippen LogP contribution in [0.15, 0.2) is 47.6 Å². The van der Waals surface area contributed by atoms with E-state index in [0.717, 1.165) is 11.8 Å². The fourth-order valence-electron chi connectivity index (χ4n) is 3.44. The molecule has 0 bridgehead atoms. The summed E-state index contributed by atoms with van der Waals surface area (Å²) in [6.07, 6.45) is 0. The minimum absolute atomic E-state index is 0.0674. The van der Waals surface area contributed by atoms with Crippen molar-refractivity contribution in [3.63, 3.8) is 0 Å². The van der Waals surface area contributed by atoms with E-state index in [9.17, 15) is 19.3 Å². The van der Waals surface area contributed by atoms with Crippen LogP contribution in [0.3, 0.4) is 0 Å². The molecule has 0 radical (unpaired) electrons. The number of anilines is 2. The van der Waals surface area contributed by atoms with E-state index in [0.29, 0.717) is 48.7 Å². The number of benzene rings is 2. The Kier molecular flexibility index (Phi) is 6.84. The first-order valence-corrected chi connectivity index (χ1v) is 11.1. The molecule has 1 fully saturated rings. The number of hydrogen-bond acceptors (Lipinski definition) is 8. The molecule has 172 valence electrons. The minimum atomic E-state index is -0.537. The smallest absolute Gasteiger partial charge is 0.293 e. The number of morpholine rings is 1. The van der Waals surface area contributed by atoms with Crippen LogP contribution in [0.2, 0.25) is 0 Å². The fraction of sp³-hybridized carbons (Fsp3) is 0.286. The van der Waals surface area contributed by atoms with E-state index in [1.165, 1.54) is 18.2 Å². The van der Waals surface area contributed by atoms with Crippen LogP contribution in [0.1, 0.15) is 5.56 Å². The number of aromatic nitrogens is 3. The van der Waals surface area contributed by atoms with Crippen molar-refractivity contribution in [2.45, 2.75) is 12.1 Å². The van der Waals surface area contributed by atoms with Gasteiger partial charge in [0.15, 0.2) is 5.16 Å². The van der Waals surface area contributed by atoms with Gasteiger partial charge in [-0.25, -0.2) is 4.39 Å². The first-order chi connectivity index (χ1) is 15.9. The summed E-state index contributed by atoms with van der Waals surface area (Å²) in [5.74, 6) is -0.377. The molecule has 4 rings (SSSR count). The number of nitrogens with one attached hydrogen (secondary N) is 1. The maximum atomic E-state index is 13.9. The molecule has 33 heavy (non-hydrogen) atoms. The van der Waals surface area contributed by atoms with Gasteiger partial charge in [0, 0.05) is 19.2 Å². The topological polar surface area (TPSA) is 115 Å². The molecule has 0 spiro atoms. The first kappa shape index (κ1) is 22.7. The summed E-state index contributed by atoms with van der Waals surface area (Å²) in [7, 11) is 0. The lowest BCUT2D eigenvalue weighted by Gasteiger charge is -2.27. The van der Waals surface area contributed by atoms with Gasteiger partial charge in [-0.05, 0) is 30.7 Å². The number of rotatable bonds is 7. The summed E-state index contributed by atoms with van der Waals surface area (Å²) in [4.78, 5) is 25.4. The number of thioether (sulfide) groups is 1. The quantitative estimate of drug-likeness (QED) is 0.317. The van der Waals surface area contributed by atoms with Crippen molar-refractivity contribution in [1.82, 2.24) is 14.8 Å². The molecule has 0 saturated carbocycles. The number of nitrogens with zero attached hydrogens (tertiary/aromatic N) is 5. The average molecular weight is 473 g/mol. The third kappa shape index (κ3) is 5.12. The Morgan fingerprint density at radius 1 is 1.24 bits per heavy atom. The second kappa shape index (κ2) is 9.96. The SMILES string of the molecule is Cc1cccc([N+](=O)[O-])c1NC(=O)CSc1nnc(N2CCOCC2)n1-c1cccc(F)c1. The third-order valence-electron chi connectivity index (χ3n) is 5.02. The number of para-hydroxylation sites is 1. The van der Waals surface area contributed by atoms with E-state index in [1.54, 1.807) is 35.8 Å². The van der Waals surface area contributed by atoms with Crippen LogP contribution >= 0.6 is 11.8 Å². The Bertz CT molecular complexity index is 1180. The Hall–Kier alpha value is -3.51. The molecule has 2 heterocycles. The predicted molar refractivity (Wildman–Crippen MR) is 122 cm³/mol. The number of carbonyl (C=O) groups is 1. The third-order valence-corrected chi connectivity index (χ3v) is 5.95. The van der Waals surface area contributed by atoms with Crippen molar-refractivity contribution in [3.05, 3.63) is 64.0 Å². The Labute approximate surface area is 192 Å². The number of nitro groups is 1. The molecule has 3 aromatic rings. The molecule has 0 aliphatic carbocycles. The molecule has 1 aromatic heterocycles. The zero-order chi connectivity index (χ0) is 23.4. The lowest BCUT2D eigenvalue weighted by molar-refractivity contribution is -0.384.